The maximum absolute atomic E-state index is 12.4. The number of rotatable bonds is 6. The number of hydrogen-bond acceptors (Lipinski definition) is 6. The van der Waals surface area contributed by atoms with Gasteiger partial charge in [-0.1, -0.05) is 6.07 Å². The number of nitrogens with zero attached hydrogens (tertiary/aromatic N) is 5. The smallest absolute Gasteiger partial charge is 0.410 e. The van der Waals surface area contributed by atoms with Gasteiger partial charge in [-0.05, 0) is 108 Å². The van der Waals surface area contributed by atoms with E-state index in [1.54, 1.807) is 4.90 Å². The van der Waals surface area contributed by atoms with Gasteiger partial charge in [0.25, 0.3) is 0 Å². The molecule has 0 spiro atoms. The first kappa shape index (κ1) is 28.4. The van der Waals surface area contributed by atoms with Crippen LogP contribution in [0.25, 0.3) is 10.9 Å². The molecule has 2 aromatic rings. The molecule has 0 unspecified atom stereocenters. The quantitative estimate of drug-likeness (QED) is 0.561. The van der Waals surface area contributed by atoms with Gasteiger partial charge in [0.05, 0.1) is 5.52 Å². The molecule has 0 bridgehead atoms. The van der Waals surface area contributed by atoms with Gasteiger partial charge in [-0.3, -0.25) is 19.7 Å². The van der Waals surface area contributed by atoms with Gasteiger partial charge in [-0.15, -0.1) is 0 Å². The summed E-state index contributed by atoms with van der Waals surface area (Å²) in [6.07, 6.45) is 6.96. The number of amides is 4. The number of hydrogen-bond donors (Lipinski definition) is 1. The van der Waals surface area contributed by atoms with Crippen LogP contribution in [-0.4, -0.2) is 82.5 Å². The van der Waals surface area contributed by atoms with Crippen LogP contribution in [0.3, 0.4) is 0 Å². The third-order valence-electron chi connectivity index (χ3n) is 8.58. The maximum atomic E-state index is 12.4. The normalized spacial score (nSPS) is 20.3. The predicted octanol–water partition coefficient (Wildman–Crippen LogP) is 4.63. The zero-order valence-corrected chi connectivity index (χ0v) is 24.4. The Morgan fingerprint density at radius 2 is 1.77 bits per heavy atom. The fraction of sp³-hybridized carbons (Fsp3) is 0.667. The van der Waals surface area contributed by atoms with E-state index in [-0.39, 0.29) is 18.4 Å². The molecule has 0 radical (unpaired) electrons. The molecule has 3 fully saturated rings. The summed E-state index contributed by atoms with van der Waals surface area (Å²) in [6, 6.07) is 6.09. The minimum absolute atomic E-state index is 0.177. The lowest BCUT2D eigenvalue weighted by atomic mass is 9.88. The minimum Gasteiger partial charge on any atom is -0.444 e. The Morgan fingerprint density at radius 3 is 2.45 bits per heavy atom. The number of imide groups is 1. The zero-order valence-electron chi connectivity index (χ0n) is 24.4. The standard InChI is InChI=1S/C30H44N6O4/c1-30(2,3)40-29(39)35-17-9-21(10-18-35)6-5-14-34-15-11-22(12-16-34)23-7-8-24-25(20-23)33(4)32-27(24)36-19-13-26(37)31-28(36)38/h7-8,20-22H,5-6,9-19H2,1-4H3,(H,31,37,38). The monoisotopic (exact) mass is 552 g/mol. The van der Waals surface area contributed by atoms with Crippen LogP contribution >= 0.6 is 0 Å². The number of anilines is 1. The molecule has 40 heavy (non-hydrogen) atoms. The van der Waals surface area contributed by atoms with Crippen molar-refractivity contribution in [3.8, 4) is 0 Å². The summed E-state index contributed by atoms with van der Waals surface area (Å²) in [5.74, 6) is 1.59. The van der Waals surface area contributed by atoms with Crippen LogP contribution in [0.5, 0.6) is 0 Å². The van der Waals surface area contributed by atoms with E-state index < -0.39 is 11.6 Å². The van der Waals surface area contributed by atoms with Crippen LogP contribution in [-0.2, 0) is 16.6 Å². The second-order valence-electron chi connectivity index (χ2n) is 12.6. The van der Waals surface area contributed by atoms with Crippen molar-refractivity contribution in [2.24, 2.45) is 13.0 Å². The summed E-state index contributed by atoms with van der Waals surface area (Å²) in [5.41, 5.74) is 1.90. The van der Waals surface area contributed by atoms with E-state index in [0.29, 0.717) is 24.2 Å². The average molecular weight is 553 g/mol. The van der Waals surface area contributed by atoms with Crippen LogP contribution in [0.4, 0.5) is 15.4 Å². The Morgan fingerprint density at radius 1 is 1.05 bits per heavy atom. The van der Waals surface area contributed by atoms with E-state index in [9.17, 15) is 14.4 Å². The van der Waals surface area contributed by atoms with E-state index in [1.165, 1.54) is 18.4 Å². The molecule has 10 nitrogen and oxygen atoms in total. The molecule has 3 aliphatic rings. The van der Waals surface area contributed by atoms with E-state index >= 15 is 0 Å². The number of aryl methyl sites for hydroxylation is 1. The third-order valence-corrected chi connectivity index (χ3v) is 8.58. The molecule has 5 rings (SSSR count). The molecule has 4 amide bonds. The number of aromatic nitrogens is 2. The lowest BCUT2D eigenvalue weighted by Gasteiger charge is -2.34. The SMILES string of the molecule is Cn1nc(N2CCC(=O)NC2=O)c2ccc(C3CCN(CCCC4CCN(C(=O)OC(C)(C)C)CC4)CC3)cc21. The molecule has 218 valence electrons. The number of fused-ring (bicyclic) bond motifs is 1. The molecule has 0 saturated carbocycles. The van der Waals surface area contributed by atoms with E-state index in [1.807, 2.05) is 37.4 Å². The van der Waals surface area contributed by atoms with Crippen LogP contribution in [0.1, 0.15) is 77.2 Å². The molecule has 0 atom stereocenters. The van der Waals surface area contributed by atoms with Gasteiger partial charge in [-0.25, -0.2) is 9.59 Å². The van der Waals surface area contributed by atoms with Gasteiger partial charge in [0.15, 0.2) is 5.82 Å². The summed E-state index contributed by atoms with van der Waals surface area (Å²) >= 11 is 0. The zero-order chi connectivity index (χ0) is 28.4. The number of nitrogens with one attached hydrogen (secondary N) is 1. The van der Waals surface area contributed by atoms with Gasteiger partial charge in [0, 0.05) is 38.5 Å². The summed E-state index contributed by atoms with van der Waals surface area (Å²) in [4.78, 5) is 42.3. The number of piperidine rings is 2. The van der Waals surface area contributed by atoms with Crippen LogP contribution in [0.15, 0.2) is 18.2 Å². The summed E-state index contributed by atoms with van der Waals surface area (Å²) in [6.45, 7) is 11.1. The van der Waals surface area contributed by atoms with Crippen molar-refractivity contribution in [3.05, 3.63) is 23.8 Å². The van der Waals surface area contributed by atoms with Crippen LogP contribution < -0.4 is 10.2 Å². The summed E-state index contributed by atoms with van der Waals surface area (Å²) in [7, 11) is 1.91. The maximum Gasteiger partial charge on any atom is 0.410 e. The average Bonchev–Trinajstić information content (AvgIpc) is 3.24. The molecular weight excluding hydrogens is 508 g/mol. The lowest BCUT2D eigenvalue weighted by Crippen LogP contribution is -2.49. The first-order valence-electron chi connectivity index (χ1n) is 14.9. The highest BCUT2D eigenvalue weighted by molar-refractivity contribution is 6.08. The highest BCUT2D eigenvalue weighted by Gasteiger charge is 2.29. The van der Waals surface area contributed by atoms with Gasteiger partial charge in [0.1, 0.15) is 5.60 Å². The Balaban J connectivity index is 1.07. The molecule has 1 aromatic carbocycles. The van der Waals surface area contributed by atoms with E-state index in [4.69, 9.17) is 4.74 Å². The van der Waals surface area contributed by atoms with Gasteiger partial charge < -0.3 is 14.5 Å². The fourth-order valence-corrected chi connectivity index (χ4v) is 6.30. The van der Waals surface area contributed by atoms with Gasteiger partial charge >= 0.3 is 12.1 Å². The Labute approximate surface area is 237 Å². The van der Waals surface area contributed by atoms with Gasteiger partial charge in [-0.2, -0.15) is 5.10 Å². The Bertz CT molecular complexity index is 1230. The van der Waals surface area contributed by atoms with E-state index in [0.717, 1.165) is 69.3 Å². The third kappa shape index (κ3) is 6.59. The Kier molecular flexibility index (Phi) is 8.35. The van der Waals surface area contributed by atoms with Crippen molar-refractivity contribution in [1.29, 1.82) is 0 Å². The highest BCUT2D eigenvalue weighted by atomic mass is 16.6. The number of carbonyl (C=O) groups is 3. The minimum atomic E-state index is -0.438. The van der Waals surface area contributed by atoms with Crippen molar-refractivity contribution < 1.29 is 19.1 Å². The molecule has 10 heteroatoms. The number of urea groups is 1. The number of benzene rings is 1. The van der Waals surface area contributed by atoms with Gasteiger partial charge in [0.2, 0.25) is 5.91 Å². The van der Waals surface area contributed by atoms with Crippen molar-refractivity contribution in [3.63, 3.8) is 0 Å². The number of carbonyl (C=O) groups excluding carboxylic acids is 3. The molecule has 4 heterocycles. The van der Waals surface area contributed by atoms with Crippen LogP contribution in [0.2, 0.25) is 0 Å². The topological polar surface area (TPSA) is 100 Å². The molecular formula is C30H44N6O4. The number of likely N-dealkylation sites (tertiary alicyclic amines) is 2. The predicted molar refractivity (Wildman–Crippen MR) is 154 cm³/mol. The summed E-state index contributed by atoms with van der Waals surface area (Å²) < 4.78 is 7.36. The number of ether oxygens (including phenoxy) is 1. The first-order chi connectivity index (χ1) is 19.1. The summed E-state index contributed by atoms with van der Waals surface area (Å²) in [5, 5.41) is 7.95. The van der Waals surface area contributed by atoms with E-state index in [2.05, 4.69) is 33.5 Å². The molecule has 3 aliphatic heterocycles. The molecule has 1 N–H and O–H groups in total. The van der Waals surface area contributed by atoms with Crippen molar-refractivity contribution in [2.45, 2.75) is 77.2 Å². The second kappa shape index (κ2) is 11.8. The first-order valence-corrected chi connectivity index (χ1v) is 14.9. The van der Waals surface area contributed by atoms with Crippen LogP contribution in [0, 0.1) is 5.92 Å². The molecule has 3 saturated heterocycles. The lowest BCUT2D eigenvalue weighted by molar-refractivity contribution is -0.120. The Hall–Kier alpha value is -3.14. The van der Waals surface area contributed by atoms with Crippen molar-refractivity contribution in [1.82, 2.24) is 24.9 Å². The molecule has 0 aliphatic carbocycles. The largest absolute Gasteiger partial charge is 0.444 e. The van der Waals surface area contributed by atoms with Crippen molar-refractivity contribution >= 4 is 34.8 Å². The van der Waals surface area contributed by atoms with Crippen molar-refractivity contribution in [2.75, 3.05) is 44.2 Å². The second-order valence-corrected chi connectivity index (χ2v) is 12.6. The fourth-order valence-electron chi connectivity index (χ4n) is 6.30. The highest BCUT2D eigenvalue weighted by Crippen LogP contribution is 2.34. The molecule has 1 aromatic heterocycles.